The number of hydrogen-bond acceptors (Lipinski definition) is 5. The predicted octanol–water partition coefficient (Wildman–Crippen LogP) is 4.09. The van der Waals surface area contributed by atoms with Crippen LogP contribution in [0.4, 0.5) is 5.69 Å². The number of fused-ring (bicyclic) bond motifs is 1. The van der Waals surface area contributed by atoms with Gasteiger partial charge in [0.05, 0.1) is 33.8 Å². The molecule has 1 heterocycles. The van der Waals surface area contributed by atoms with Crippen LogP contribution in [0.1, 0.15) is 18.1 Å². The Morgan fingerprint density at radius 3 is 2.38 bits per heavy atom. The maximum atomic E-state index is 12.5. The van der Waals surface area contributed by atoms with Crippen LogP contribution in [0.25, 0.3) is 10.2 Å². The monoisotopic (exact) mass is 466 g/mol. The minimum Gasteiger partial charge on any atom is -0.326 e. The molecule has 164 valence electrons. The number of nitrogens with one attached hydrogen (secondary N) is 1. The van der Waals surface area contributed by atoms with Crippen molar-refractivity contribution in [2.24, 2.45) is 0 Å². The molecule has 32 heavy (non-hydrogen) atoms. The van der Waals surface area contributed by atoms with E-state index in [1.54, 1.807) is 35.8 Å². The van der Waals surface area contributed by atoms with E-state index in [2.05, 4.69) is 5.32 Å². The Labute approximate surface area is 190 Å². The van der Waals surface area contributed by atoms with Crippen molar-refractivity contribution in [3.05, 3.63) is 93.6 Å². The quantitative estimate of drug-likeness (QED) is 0.445. The molecule has 0 aliphatic carbocycles. The van der Waals surface area contributed by atoms with Crippen LogP contribution < -0.4 is 10.2 Å². The van der Waals surface area contributed by atoms with Gasteiger partial charge in [-0.3, -0.25) is 14.2 Å². The standard InChI is InChI=1S/C24H22N2O4S2/c1-2-32(29,30)20-11-8-17(9-12-20)14-23(27)25-19-10-13-21-22(15-19)31-24(28)26(21)16-18-6-4-3-5-7-18/h3-13,15H,2,14,16H2,1H3,(H,25,27). The fourth-order valence-electron chi connectivity index (χ4n) is 3.43. The van der Waals surface area contributed by atoms with E-state index in [-0.39, 0.29) is 27.8 Å². The van der Waals surface area contributed by atoms with Crippen LogP contribution in [0.15, 0.2) is 82.5 Å². The van der Waals surface area contributed by atoms with E-state index in [1.165, 1.54) is 12.1 Å². The van der Waals surface area contributed by atoms with Crippen LogP contribution in [0.5, 0.6) is 0 Å². The van der Waals surface area contributed by atoms with Crippen molar-refractivity contribution in [1.82, 2.24) is 4.57 Å². The molecule has 6 nitrogen and oxygen atoms in total. The van der Waals surface area contributed by atoms with Gasteiger partial charge in [-0.1, -0.05) is 60.7 Å². The molecule has 0 radical (unpaired) electrons. The maximum Gasteiger partial charge on any atom is 0.308 e. The summed E-state index contributed by atoms with van der Waals surface area (Å²) in [4.78, 5) is 25.2. The summed E-state index contributed by atoms with van der Waals surface area (Å²) in [5, 5.41) is 2.86. The van der Waals surface area contributed by atoms with Crippen LogP contribution in [-0.2, 0) is 27.6 Å². The first kappa shape index (κ1) is 22.0. The maximum absolute atomic E-state index is 12.5. The summed E-state index contributed by atoms with van der Waals surface area (Å²) in [5.41, 5.74) is 3.21. The lowest BCUT2D eigenvalue weighted by Gasteiger charge is -2.08. The number of hydrogen-bond donors (Lipinski definition) is 1. The Morgan fingerprint density at radius 1 is 0.969 bits per heavy atom. The van der Waals surface area contributed by atoms with Gasteiger partial charge in [-0.25, -0.2) is 8.42 Å². The molecule has 0 fully saturated rings. The molecular weight excluding hydrogens is 444 g/mol. The summed E-state index contributed by atoms with van der Waals surface area (Å²) in [6.07, 6.45) is 0.121. The molecule has 4 rings (SSSR count). The summed E-state index contributed by atoms with van der Waals surface area (Å²) >= 11 is 1.15. The zero-order chi connectivity index (χ0) is 22.7. The highest BCUT2D eigenvalue weighted by Gasteiger charge is 2.13. The molecule has 0 spiro atoms. The number of benzene rings is 3. The van der Waals surface area contributed by atoms with Gasteiger partial charge in [0.15, 0.2) is 9.84 Å². The first-order valence-electron chi connectivity index (χ1n) is 10.1. The fraction of sp³-hybridized carbons (Fsp3) is 0.167. The molecule has 1 N–H and O–H groups in total. The van der Waals surface area contributed by atoms with Gasteiger partial charge >= 0.3 is 4.87 Å². The van der Waals surface area contributed by atoms with Gasteiger partial charge < -0.3 is 5.32 Å². The van der Waals surface area contributed by atoms with Crippen molar-refractivity contribution in [3.63, 3.8) is 0 Å². The molecule has 0 unspecified atom stereocenters. The molecule has 1 amide bonds. The SMILES string of the molecule is CCS(=O)(=O)c1ccc(CC(=O)Nc2ccc3c(c2)sc(=O)n3Cc2ccccc2)cc1. The number of carbonyl (C=O) groups excluding carboxylic acids is 1. The number of nitrogens with zero attached hydrogens (tertiary/aromatic N) is 1. The third-order valence-corrected chi connectivity index (χ3v) is 7.86. The van der Waals surface area contributed by atoms with Crippen LogP contribution in [0.3, 0.4) is 0 Å². The lowest BCUT2D eigenvalue weighted by atomic mass is 10.1. The lowest BCUT2D eigenvalue weighted by Crippen LogP contribution is -2.15. The minimum absolute atomic E-state index is 0.0362. The van der Waals surface area contributed by atoms with E-state index in [9.17, 15) is 18.0 Å². The Kier molecular flexibility index (Phi) is 6.25. The number of anilines is 1. The lowest BCUT2D eigenvalue weighted by molar-refractivity contribution is -0.115. The van der Waals surface area contributed by atoms with Crippen molar-refractivity contribution in [2.75, 3.05) is 11.1 Å². The molecule has 0 atom stereocenters. The summed E-state index contributed by atoms with van der Waals surface area (Å²) in [5.74, 6) is -0.180. The first-order chi connectivity index (χ1) is 15.4. The fourth-order valence-corrected chi connectivity index (χ4v) is 5.25. The van der Waals surface area contributed by atoms with E-state index in [1.807, 2.05) is 36.4 Å². The van der Waals surface area contributed by atoms with Gasteiger partial charge in [0.2, 0.25) is 5.91 Å². The third kappa shape index (κ3) is 4.81. The van der Waals surface area contributed by atoms with Crippen molar-refractivity contribution < 1.29 is 13.2 Å². The molecule has 0 aliphatic heterocycles. The Morgan fingerprint density at radius 2 is 1.69 bits per heavy atom. The predicted molar refractivity (Wildman–Crippen MR) is 128 cm³/mol. The van der Waals surface area contributed by atoms with Gasteiger partial charge in [0.1, 0.15) is 0 Å². The van der Waals surface area contributed by atoms with E-state index in [0.29, 0.717) is 12.2 Å². The van der Waals surface area contributed by atoms with Gasteiger partial charge in [0.25, 0.3) is 0 Å². The van der Waals surface area contributed by atoms with Crippen LogP contribution >= 0.6 is 11.3 Å². The Balaban J connectivity index is 1.47. The van der Waals surface area contributed by atoms with Gasteiger partial charge in [-0.2, -0.15) is 0 Å². The minimum atomic E-state index is -3.26. The highest BCUT2D eigenvalue weighted by molar-refractivity contribution is 7.91. The van der Waals surface area contributed by atoms with Crippen LogP contribution in [0.2, 0.25) is 0 Å². The molecule has 4 aromatic rings. The second kappa shape index (κ2) is 9.10. The zero-order valence-corrected chi connectivity index (χ0v) is 19.1. The molecular formula is C24H22N2O4S2. The topological polar surface area (TPSA) is 85.2 Å². The van der Waals surface area contributed by atoms with E-state index >= 15 is 0 Å². The van der Waals surface area contributed by atoms with Gasteiger partial charge in [-0.15, -0.1) is 0 Å². The van der Waals surface area contributed by atoms with E-state index < -0.39 is 9.84 Å². The second-order valence-electron chi connectivity index (χ2n) is 7.39. The molecule has 8 heteroatoms. The Bertz CT molecular complexity index is 1420. The average molecular weight is 467 g/mol. The molecule has 1 aromatic heterocycles. The number of sulfone groups is 1. The molecule has 0 saturated heterocycles. The molecule has 0 bridgehead atoms. The van der Waals surface area contributed by atoms with Crippen molar-refractivity contribution in [1.29, 1.82) is 0 Å². The van der Waals surface area contributed by atoms with Crippen molar-refractivity contribution >= 4 is 43.0 Å². The zero-order valence-electron chi connectivity index (χ0n) is 17.4. The normalized spacial score (nSPS) is 11.5. The number of rotatable bonds is 7. The summed E-state index contributed by atoms with van der Waals surface area (Å²) < 4.78 is 26.3. The number of thiazole rings is 1. The highest BCUT2D eigenvalue weighted by Crippen LogP contribution is 2.23. The largest absolute Gasteiger partial charge is 0.326 e. The summed E-state index contributed by atoms with van der Waals surface area (Å²) in [7, 11) is -3.26. The molecule has 0 saturated carbocycles. The summed E-state index contributed by atoms with van der Waals surface area (Å²) in [6.45, 7) is 2.09. The van der Waals surface area contributed by atoms with Gasteiger partial charge in [-0.05, 0) is 41.5 Å². The average Bonchev–Trinajstić information content (AvgIpc) is 3.09. The van der Waals surface area contributed by atoms with Crippen LogP contribution in [-0.4, -0.2) is 24.6 Å². The number of amides is 1. The second-order valence-corrected chi connectivity index (χ2v) is 10.7. The number of aromatic nitrogens is 1. The van der Waals surface area contributed by atoms with Crippen LogP contribution in [0, 0.1) is 0 Å². The summed E-state index contributed by atoms with van der Waals surface area (Å²) in [6, 6.07) is 21.6. The van der Waals surface area contributed by atoms with Gasteiger partial charge in [0, 0.05) is 5.69 Å². The van der Waals surface area contributed by atoms with Crippen molar-refractivity contribution in [2.45, 2.75) is 24.8 Å². The van der Waals surface area contributed by atoms with E-state index in [4.69, 9.17) is 0 Å². The van der Waals surface area contributed by atoms with Crippen molar-refractivity contribution in [3.8, 4) is 0 Å². The third-order valence-electron chi connectivity index (χ3n) is 5.16. The number of carbonyl (C=O) groups is 1. The molecule has 3 aromatic carbocycles. The smallest absolute Gasteiger partial charge is 0.308 e. The first-order valence-corrected chi connectivity index (χ1v) is 12.6. The highest BCUT2D eigenvalue weighted by atomic mass is 32.2. The Hall–Kier alpha value is -3.23. The van der Waals surface area contributed by atoms with E-state index in [0.717, 1.165) is 32.7 Å². The molecule has 0 aliphatic rings.